The quantitative estimate of drug-likeness (QED) is 0.735. The summed E-state index contributed by atoms with van der Waals surface area (Å²) in [5.74, 6) is 1.52. The molecule has 8 heteroatoms. The molecular formula is C15H22N8. The minimum Gasteiger partial charge on any atom is -0.368 e. The van der Waals surface area contributed by atoms with Crippen LogP contribution in [0.4, 0.5) is 5.82 Å². The van der Waals surface area contributed by atoms with Gasteiger partial charge in [-0.05, 0) is 20.5 Å². The predicted molar refractivity (Wildman–Crippen MR) is 88.3 cm³/mol. The standard InChI is InChI=1S/C15H22N8/c1-5-12-6-14(23-15(20-12)17-10-19-23)16-8-13(21(2)3)11-7-18-22(4)9-11/h6-7,9-10,13,16H,5,8H2,1-4H3. The van der Waals surface area contributed by atoms with Crippen molar-refractivity contribution < 1.29 is 0 Å². The van der Waals surface area contributed by atoms with Gasteiger partial charge in [0.2, 0.25) is 0 Å². The number of hydrogen-bond donors (Lipinski definition) is 1. The second-order valence-corrected chi connectivity index (χ2v) is 5.77. The highest BCUT2D eigenvalue weighted by atomic mass is 15.4. The maximum atomic E-state index is 4.46. The van der Waals surface area contributed by atoms with E-state index in [9.17, 15) is 0 Å². The van der Waals surface area contributed by atoms with Crippen LogP contribution in [0.2, 0.25) is 0 Å². The van der Waals surface area contributed by atoms with E-state index in [-0.39, 0.29) is 6.04 Å². The fourth-order valence-electron chi connectivity index (χ4n) is 2.58. The third kappa shape index (κ3) is 3.16. The van der Waals surface area contributed by atoms with Crippen molar-refractivity contribution in [3.63, 3.8) is 0 Å². The van der Waals surface area contributed by atoms with Crippen molar-refractivity contribution >= 4 is 11.6 Å². The summed E-state index contributed by atoms with van der Waals surface area (Å²) in [4.78, 5) is 10.8. The van der Waals surface area contributed by atoms with Crippen molar-refractivity contribution in [3.05, 3.63) is 36.0 Å². The van der Waals surface area contributed by atoms with Crippen LogP contribution in [-0.4, -0.2) is 54.9 Å². The fraction of sp³-hybridized carbons (Fsp3) is 0.467. The fourth-order valence-corrected chi connectivity index (χ4v) is 2.58. The molecule has 1 N–H and O–H groups in total. The Kier molecular flexibility index (Phi) is 4.24. The van der Waals surface area contributed by atoms with Crippen molar-refractivity contribution in [2.24, 2.45) is 7.05 Å². The molecule has 0 aromatic carbocycles. The van der Waals surface area contributed by atoms with Gasteiger partial charge in [-0.25, -0.2) is 4.98 Å². The molecule has 0 spiro atoms. The van der Waals surface area contributed by atoms with Gasteiger partial charge in [0, 0.05) is 37.1 Å². The Morgan fingerprint density at radius 3 is 2.78 bits per heavy atom. The van der Waals surface area contributed by atoms with Crippen molar-refractivity contribution in [1.82, 2.24) is 34.3 Å². The summed E-state index contributed by atoms with van der Waals surface area (Å²) in [6, 6.07) is 2.23. The highest BCUT2D eigenvalue weighted by Crippen LogP contribution is 2.19. The summed E-state index contributed by atoms with van der Waals surface area (Å²) in [6.07, 6.45) is 6.33. The van der Waals surface area contributed by atoms with Gasteiger partial charge >= 0.3 is 0 Å². The number of nitrogens with zero attached hydrogens (tertiary/aromatic N) is 7. The van der Waals surface area contributed by atoms with E-state index in [1.165, 1.54) is 11.9 Å². The first-order valence-corrected chi connectivity index (χ1v) is 7.67. The van der Waals surface area contributed by atoms with Crippen molar-refractivity contribution in [1.29, 1.82) is 0 Å². The molecule has 1 unspecified atom stereocenters. The lowest BCUT2D eigenvalue weighted by Crippen LogP contribution is -2.27. The Morgan fingerprint density at radius 1 is 1.30 bits per heavy atom. The second-order valence-electron chi connectivity index (χ2n) is 5.77. The third-order valence-electron chi connectivity index (χ3n) is 3.88. The van der Waals surface area contributed by atoms with E-state index < -0.39 is 0 Å². The Morgan fingerprint density at radius 2 is 2.13 bits per heavy atom. The first-order valence-electron chi connectivity index (χ1n) is 7.67. The highest BCUT2D eigenvalue weighted by Gasteiger charge is 2.16. The zero-order valence-corrected chi connectivity index (χ0v) is 13.9. The number of aromatic nitrogens is 6. The van der Waals surface area contributed by atoms with E-state index in [4.69, 9.17) is 0 Å². The molecule has 3 heterocycles. The highest BCUT2D eigenvalue weighted by molar-refractivity contribution is 5.45. The van der Waals surface area contributed by atoms with E-state index in [0.717, 1.165) is 24.5 Å². The summed E-state index contributed by atoms with van der Waals surface area (Å²) >= 11 is 0. The second kappa shape index (κ2) is 6.33. The minimum atomic E-state index is 0.209. The average Bonchev–Trinajstić information content (AvgIpc) is 3.15. The van der Waals surface area contributed by atoms with Gasteiger partial charge in [0.1, 0.15) is 12.1 Å². The summed E-state index contributed by atoms with van der Waals surface area (Å²) < 4.78 is 3.55. The van der Waals surface area contributed by atoms with Gasteiger partial charge in [0.15, 0.2) is 0 Å². The largest absolute Gasteiger partial charge is 0.368 e. The topological polar surface area (TPSA) is 76.2 Å². The predicted octanol–water partition coefficient (Wildman–Crippen LogP) is 1.13. The number of anilines is 1. The van der Waals surface area contributed by atoms with Crippen LogP contribution in [0.5, 0.6) is 0 Å². The normalized spacial score (nSPS) is 12.9. The lowest BCUT2D eigenvalue weighted by atomic mass is 10.1. The lowest BCUT2D eigenvalue weighted by molar-refractivity contribution is 0.311. The van der Waals surface area contributed by atoms with E-state index in [2.05, 4.69) is 51.4 Å². The van der Waals surface area contributed by atoms with E-state index in [1.807, 2.05) is 30.2 Å². The van der Waals surface area contributed by atoms with Crippen LogP contribution in [0.1, 0.15) is 24.2 Å². The lowest BCUT2D eigenvalue weighted by Gasteiger charge is -2.24. The molecule has 0 aliphatic heterocycles. The zero-order chi connectivity index (χ0) is 16.4. The van der Waals surface area contributed by atoms with Crippen LogP contribution < -0.4 is 5.32 Å². The van der Waals surface area contributed by atoms with Crippen LogP contribution in [0, 0.1) is 0 Å². The molecular weight excluding hydrogens is 292 g/mol. The van der Waals surface area contributed by atoms with Gasteiger partial charge < -0.3 is 10.2 Å². The van der Waals surface area contributed by atoms with Crippen molar-refractivity contribution in [2.75, 3.05) is 26.0 Å². The molecule has 0 saturated carbocycles. The molecule has 1 atom stereocenters. The number of nitrogens with one attached hydrogen (secondary N) is 1. The average molecular weight is 314 g/mol. The van der Waals surface area contributed by atoms with E-state index >= 15 is 0 Å². The molecule has 0 aliphatic rings. The van der Waals surface area contributed by atoms with E-state index in [0.29, 0.717) is 5.78 Å². The van der Waals surface area contributed by atoms with Crippen LogP contribution in [0.15, 0.2) is 24.8 Å². The smallest absolute Gasteiger partial charge is 0.254 e. The number of aryl methyl sites for hydroxylation is 2. The Hall–Kier alpha value is -2.48. The Labute approximate surface area is 135 Å². The minimum absolute atomic E-state index is 0.209. The van der Waals surface area contributed by atoms with Crippen LogP contribution in [-0.2, 0) is 13.5 Å². The first kappa shape index (κ1) is 15.4. The van der Waals surface area contributed by atoms with Crippen LogP contribution >= 0.6 is 0 Å². The number of fused-ring (bicyclic) bond motifs is 1. The Balaban J connectivity index is 1.85. The van der Waals surface area contributed by atoms with Gasteiger partial charge in [0.05, 0.1) is 12.2 Å². The van der Waals surface area contributed by atoms with Gasteiger partial charge in [-0.1, -0.05) is 6.92 Å². The molecule has 0 radical (unpaired) electrons. The van der Waals surface area contributed by atoms with Gasteiger partial charge in [-0.2, -0.15) is 19.7 Å². The van der Waals surface area contributed by atoms with E-state index in [1.54, 1.807) is 4.52 Å². The van der Waals surface area contributed by atoms with Crippen molar-refractivity contribution in [2.45, 2.75) is 19.4 Å². The summed E-state index contributed by atoms with van der Waals surface area (Å²) in [5.41, 5.74) is 2.17. The molecule has 0 bridgehead atoms. The molecule has 23 heavy (non-hydrogen) atoms. The monoisotopic (exact) mass is 314 g/mol. The van der Waals surface area contributed by atoms with Gasteiger partial charge in [-0.15, -0.1) is 0 Å². The maximum absolute atomic E-state index is 4.46. The zero-order valence-electron chi connectivity index (χ0n) is 13.9. The molecule has 0 saturated heterocycles. The van der Waals surface area contributed by atoms with Gasteiger partial charge in [0.25, 0.3) is 5.78 Å². The maximum Gasteiger partial charge on any atom is 0.254 e. The molecule has 8 nitrogen and oxygen atoms in total. The number of likely N-dealkylation sites (N-methyl/N-ethyl adjacent to an activating group) is 1. The molecule has 122 valence electrons. The molecule has 3 aromatic rings. The number of rotatable bonds is 6. The van der Waals surface area contributed by atoms with Gasteiger partial charge in [-0.3, -0.25) is 4.68 Å². The third-order valence-corrected chi connectivity index (χ3v) is 3.88. The summed E-state index contributed by atoms with van der Waals surface area (Å²) in [5, 5.41) is 12.0. The molecule has 0 amide bonds. The van der Waals surface area contributed by atoms with Crippen LogP contribution in [0.25, 0.3) is 5.78 Å². The van der Waals surface area contributed by atoms with Crippen molar-refractivity contribution in [3.8, 4) is 0 Å². The summed E-state index contributed by atoms with van der Waals surface area (Å²) in [7, 11) is 6.06. The Bertz CT molecular complexity index is 788. The summed E-state index contributed by atoms with van der Waals surface area (Å²) in [6.45, 7) is 2.82. The molecule has 3 aromatic heterocycles. The first-order chi connectivity index (χ1) is 11.1. The molecule has 0 fully saturated rings. The molecule has 3 rings (SSSR count). The number of hydrogen-bond acceptors (Lipinski definition) is 6. The SMILES string of the molecule is CCc1cc(NCC(c2cnn(C)c2)N(C)C)n2ncnc2n1. The molecule has 0 aliphatic carbocycles. The van der Waals surface area contributed by atoms with Crippen LogP contribution in [0.3, 0.4) is 0 Å².